The fourth-order valence-corrected chi connectivity index (χ4v) is 4.69. The summed E-state index contributed by atoms with van der Waals surface area (Å²) < 4.78 is 5.28. The van der Waals surface area contributed by atoms with Crippen LogP contribution in [0.3, 0.4) is 0 Å². The van der Waals surface area contributed by atoms with E-state index < -0.39 is 6.09 Å². The van der Waals surface area contributed by atoms with Crippen LogP contribution in [0.25, 0.3) is 0 Å². The van der Waals surface area contributed by atoms with Gasteiger partial charge in [-0.3, -0.25) is 10.1 Å². The fourth-order valence-electron chi connectivity index (χ4n) is 4.69. The molecule has 1 aliphatic carbocycles. The highest BCUT2D eigenvalue weighted by Crippen LogP contribution is 2.39. The maximum atomic E-state index is 13.4. The topological polar surface area (TPSA) is 70.7 Å². The van der Waals surface area contributed by atoms with E-state index in [-0.39, 0.29) is 24.5 Å². The summed E-state index contributed by atoms with van der Waals surface area (Å²) in [6.07, 6.45) is 2.53. The van der Waals surface area contributed by atoms with Crippen LogP contribution in [0.5, 0.6) is 0 Å². The lowest BCUT2D eigenvalue weighted by Crippen LogP contribution is -2.38. The van der Waals surface area contributed by atoms with Crippen LogP contribution in [0, 0.1) is 5.92 Å². The number of hydrogen-bond donors (Lipinski definition) is 2. The molecular formula is C27H27N3O3. The molecule has 6 heteroatoms. The summed E-state index contributed by atoms with van der Waals surface area (Å²) >= 11 is 0. The predicted octanol–water partition coefficient (Wildman–Crippen LogP) is 5.56. The van der Waals surface area contributed by atoms with Gasteiger partial charge in [-0.15, -0.1) is 0 Å². The Labute approximate surface area is 193 Å². The van der Waals surface area contributed by atoms with Gasteiger partial charge in [0.2, 0.25) is 5.91 Å². The van der Waals surface area contributed by atoms with Crippen molar-refractivity contribution in [2.24, 2.45) is 5.92 Å². The molecule has 1 fully saturated rings. The van der Waals surface area contributed by atoms with Crippen LogP contribution in [0.1, 0.15) is 30.4 Å². The normalized spacial score (nSPS) is 19.2. The molecule has 168 valence electrons. The molecular weight excluding hydrogens is 414 g/mol. The van der Waals surface area contributed by atoms with Gasteiger partial charge in [-0.05, 0) is 48.2 Å². The number of anilines is 3. The average molecular weight is 442 g/mol. The summed E-state index contributed by atoms with van der Waals surface area (Å²) in [4.78, 5) is 27.4. The van der Waals surface area contributed by atoms with Crippen molar-refractivity contribution in [1.82, 2.24) is 0 Å². The molecule has 6 nitrogen and oxygen atoms in total. The van der Waals surface area contributed by atoms with Crippen LogP contribution in [-0.2, 0) is 22.7 Å². The van der Waals surface area contributed by atoms with Gasteiger partial charge in [-0.25, -0.2) is 4.79 Å². The Morgan fingerprint density at radius 1 is 0.939 bits per heavy atom. The third-order valence-corrected chi connectivity index (χ3v) is 6.39. The molecule has 1 saturated carbocycles. The van der Waals surface area contributed by atoms with Crippen LogP contribution in [0.15, 0.2) is 78.9 Å². The summed E-state index contributed by atoms with van der Waals surface area (Å²) in [5, 5.41) is 6.35. The zero-order valence-electron chi connectivity index (χ0n) is 18.4. The summed E-state index contributed by atoms with van der Waals surface area (Å²) in [6.45, 7) is 0.705. The molecule has 2 aliphatic rings. The third kappa shape index (κ3) is 4.70. The van der Waals surface area contributed by atoms with E-state index in [1.807, 2.05) is 83.8 Å². The number of nitrogens with zero attached hydrogens (tertiary/aromatic N) is 1. The van der Waals surface area contributed by atoms with E-state index in [0.717, 1.165) is 41.8 Å². The lowest BCUT2D eigenvalue weighted by atomic mass is 10.0. The second-order valence-corrected chi connectivity index (χ2v) is 8.61. The lowest BCUT2D eigenvalue weighted by Gasteiger charge is -2.25. The van der Waals surface area contributed by atoms with E-state index in [1.54, 1.807) is 0 Å². The van der Waals surface area contributed by atoms with Crippen molar-refractivity contribution in [3.63, 3.8) is 0 Å². The van der Waals surface area contributed by atoms with Crippen LogP contribution >= 0.6 is 0 Å². The van der Waals surface area contributed by atoms with Gasteiger partial charge in [0, 0.05) is 11.7 Å². The standard InChI is InChI=1S/C27H27N3O3/c31-26-22-9-6-11-23(22)29-24-10-4-5-12-25(24)30(26)17-19-13-15-21(16-14-19)28-27(32)33-18-20-7-2-1-3-8-20/h1-5,7-8,10,12-16,22-23,29H,6,9,11,17-18H2,(H,28,32)/t22-,23+/m0/s1. The second kappa shape index (κ2) is 9.36. The van der Waals surface area contributed by atoms with Gasteiger partial charge in [0.1, 0.15) is 6.61 Å². The number of fused-ring (bicyclic) bond motifs is 2. The van der Waals surface area contributed by atoms with Crippen molar-refractivity contribution in [1.29, 1.82) is 0 Å². The molecule has 0 saturated heterocycles. The minimum Gasteiger partial charge on any atom is -0.444 e. The molecule has 33 heavy (non-hydrogen) atoms. The van der Waals surface area contributed by atoms with Crippen molar-refractivity contribution in [2.75, 3.05) is 15.5 Å². The van der Waals surface area contributed by atoms with Gasteiger partial charge in [0.05, 0.1) is 23.8 Å². The van der Waals surface area contributed by atoms with Gasteiger partial charge in [-0.1, -0.05) is 61.0 Å². The first-order valence-electron chi connectivity index (χ1n) is 11.4. The van der Waals surface area contributed by atoms with Gasteiger partial charge >= 0.3 is 6.09 Å². The van der Waals surface area contributed by atoms with Crippen LogP contribution in [-0.4, -0.2) is 18.0 Å². The minimum absolute atomic E-state index is 0.0118. The first-order valence-corrected chi connectivity index (χ1v) is 11.4. The number of carbonyl (C=O) groups is 2. The number of nitrogens with one attached hydrogen (secondary N) is 2. The van der Waals surface area contributed by atoms with Crippen LogP contribution in [0.2, 0.25) is 0 Å². The number of rotatable bonds is 5. The second-order valence-electron chi connectivity index (χ2n) is 8.61. The van der Waals surface area contributed by atoms with E-state index in [9.17, 15) is 9.59 Å². The smallest absolute Gasteiger partial charge is 0.411 e. The summed E-state index contributed by atoms with van der Waals surface area (Å²) in [5.74, 6) is 0.194. The highest BCUT2D eigenvalue weighted by atomic mass is 16.5. The predicted molar refractivity (Wildman–Crippen MR) is 129 cm³/mol. The third-order valence-electron chi connectivity index (χ3n) is 6.39. The van der Waals surface area contributed by atoms with Gasteiger partial charge in [0.15, 0.2) is 0 Å². The average Bonchev–Trinajstić information content (AvgIpc) is 3.27. The number of para-hydroxylation sites is 2. The molecule has 0 spiro atoms. The molecule has 1 heterocycles. The first kappa shape index (κ1) is 21.1. The Bertz CT molecular complexity index is 1130. The van der Waals surface area contributed by atoms with E-state index in [0.29, 0.717) is 12.2 Å². The van der Waals surface area contributed by atoms with E-state index in [1.165, 1.54) is 0 Å². The van der Waals surface area contributed by atoms with Crippen LogP contribution < -0.4 is 15.5 Å². The largest absolute Gasteiger partial charge is 0.444 e. The monoisotopic (exact) mass is 441 g/mol. The highest BCUT2D eigenvalue weighted by Gasteiger charge is 2.39. The Morgan fingerprint density at radius 2 is 1.70 bits per heavy atom. The molecule has 0 bridgehead atoms. The Balaban J connectivity index is 1.25. The van der Waals surface area contributed by atoms with Crippen molar-refractivity contribution in [3.8, 4) is 0 Å². The summed E-state index contributed by atoms with van der Waals surface area (Å²) in [7, 11) is 0. The van der Waals surface area contributed by atoms with Gasteiger partial charge in [0.25, 0.3) is 0 Å². The number of benzene rings is 3. The Hall–Kier alpha value is -3.80. The number of ether oxygens (including phenoxy) is 1. The fraction of sp³-hybridized carbons (Fsp3) is 0.259. The van der Waals surface area contributed by atoms with Crippen molar-refractivity contribution in [2.45, 2.75) is 38.5 Å². The zero-order chi connectivity index (χ0) is 22.6. The molecule has 2 amide bonds. The quantitative estimate of drug-likeness (QED) is 0.544. The molecule has 1 aliphatic heterocycles. The van der Waals surface area contributed by atoms with Crippen molar-refractivity contribution in [3.05, 3.63) is 90.0 Å². The Kier molecular flexibility index (Phi) is 5.98. The van der Waals surface area contributed by atoms with Gasteiger partial charge in [-0.2, -0.15) is 0 Å². The molecule has 0 unspecified atom stereocenters. The molecule has 3 aromatic rings. The SMILES string of the molecule is O=C(Nc1ccc(CN2C(=O)[C@H]3CCC[C@H]3Nc3ccccc32)cc1)OCc1ccccc1. The summed E-state index contributed by atoms with van der Waals surface area (Å²) in [5.41, 5.74) is 4.52. The molecule has 0 radical (unpaired) electrons. The number of amides is 2. The number of hydrogen-bond acceptors (Lipinski definition) is 4. The molecule has 0 aromatic heterocycles. The van der Waals surface area contributed by atoms with E-state index >= 15 is 0 Å². The summed E-state index contributed by atoms with van der Waals surface area (Å²) in [6, 6.07) is 25.3. The lowest BCUT2D eigenvalue weighted by molar-refractivity contribution is -0.122. The Morgan fingerprint density at radius 3 is 2.52 bits per heavy atom. The first-order chi connectivity index (χ1) is 16.2. The maximum Gasteiger partial charge on any atom is 0.411 e. The zero-order valence-corrected chi connectivity index (χ0v) is 18.4. The minimum atomic E-state index is -0.499. The highest BCUT2D eigenvalue weighted by molar-refractivity contribution is 6.00. The molecule has 2 atom stereocenters. The maximum absolute atomic E-state index is 13.4. The van der Waals surface area contributed by atoms with E-state index in [4.69, 9.17) is 4.74 Å². The van der Waals surface area contributed by atoms with Crippen molar-refractivity contribution >= 4 is 29.1 Å². The number of carbonyl (C=O) groups excluding carboxylic acids is 2. The molecule has 2 N–H and O–H groups in total. The van der Waals surface area contributed by atoms with Crippen LogP contribution in [0.4, 0.5) is 21.9 Å². The van der Waals surface area contributed by atoms with E-state index in [2.05, 4.69) is 10.6 Å². The van der Waals surface area contributed by atoms with Gasteiger partial charge < -0.3 is 15.0 Å². The van der Waals surface area contributed by atoms with Crippen molar-refractivity contribution < 1.29 is 14.3 Å². The molecule has 3 aromatic carbocycles. The molecule has 5 rings (SSSR count).